The van der Waals surface area contributed by atoms with Crippen molar-refractivity contribution in [3.63, 3.8) is 0 Å². The summed E-state index contributed by atoms with van der Waals surface area (Å²) < 4.78 is 39.3. The number of nitrogens with zero attached hydrogens (tertiary/aromatic N) is 2. The third kappa shape index (κ3) is 2.12. The number of fused-ring (bicyclic) bond motifs is 1. The van der Waals surface area contributed by atoms with Gasteiger partial charge in [0.2, 0.25) is 0 Å². The molecule has 1 N–H and O–H groups in total. The van der Waals surface area contributed by atoms with Crippen LogP contribution in [0.3, 0.4) is 0 Å². The van der Waals surface area contributed by atoms with E-state index in [-0.39, 0.29) is 3.57 Å². The largest absolute Gasteiger partial charge is 0.436 e. The molecule has 1 aromatic heterocycles. The van der Waals surface area contributed by atoms with Gasteiger partial charge in [0.25, 0.3) is 0 Å². The highest BCUT2D eigenvalue weighted by atomic mass is 127. The highest BCUT2D eigenvalue weighted by molar-refractivity contribution is 14.1. The molecule has 2 heterocycles. The van der Waals surface area contributed by atoms with Crippen molar-refractivity contribution in [1.29, 1.82) is 0 Å². The Morgan fingerprint density at radius 3 is 2.80 bits per heavy atom. The molecule has 3 nitrogen and oxygen atoms in total. The van der Waals surface area contributed by atoms with E-state index in [0.29, 0.717) is 18.8 Å². The summed E-state index contributed by atoms with van der Waals surface area (Å²) in [6.45, 7) is 1.83. The Bertz CT molecular complexity index is 372. The lowest BCUT2D eigenvalue weighted by Crippen LogP contribution is -2.13. The van der Waals surface area contributed by atoms with Gasteiger partial charge in [-0.15, -0.1) is 0 Å². The summed E-state index contributed by atoms with van der Waals surface area (Å²) in [6, 6.07) is 0. The van der Waals surface area contributed by atoms with Gasteiger partial charge in [-0.1, -0.05) is 0 Å². The first-order valence-corrected chi connectivity index (χ1v) is 5.61. The smallest absolute Gasteiger partial charge is 0.311 e. The van der Waals surface area contributed by atoms with Crippen LogP contribution >= 0.6 is 22.6 Å². The summed E-state index contributed by atoms with van der Waals surface area (Å²) in [6.07, 6.45) is -3.54. The standard InChI is InChI=1S/C8H9F3IN3/c9-8(10,11)7-6(12)5-4-13-2-1-3-15(5)14-7/h13H,1-4H2. The molecule has 0 aliphatic carbocycles. The first-order chi connectivity index (χ1) is 7.00. The molecule has 0 atom stereocenters. The molecule has 1 aromatic rings. The maximum absolute atomic E-state index is 12.5. The minimum Gasteiger partial charge on any atom is -0.311 e. The molecule has 84 valence electrons. The summed E-state index contributed by atoms with van der Waals surface area (Å²) in [7, 11) is 0. The molecule has 1 aliphatic rings. The first-order valence-electron chi connectivity index (χ1n) is 4.53. The van der Waals surface area contributed by atoms with Crippen LogP contribution in [0.5, 0.6) is 0 Å². The monoisotopic (exact) mass is 331 g/mol. The number of rotatable bonds is 0. The molecule has 0 amide bonds. The summed E-state index contributed by atoms with van der Waals surface area (Å²) in [5, 5.41) is 6.70. The average Bonchev–Trinajstić information content (AvgIpc) is 2.36. The van der Waals surface area contributed by atoms with Crippen LogP contribution in [0, 0.1) is 3.57 Å². The highest BCUT2D eigenvalue weighted by Gasteiger charge is 2.38. The van der Waals surface area contributed by atoms with Gasteiger partial charge in [-0.3, -0.25) is 4.68 Å². The van der Waals surface area contributed by atoms with Gasteiger partial charge in [0.15, 0.2) is 5.69 Å². The third-order valence-electron chi connectivity index (χ3n) is 2.28. The number of hydrogen-bond acceptors (Lipinski definition) is 2. The lowest BCUT2D eigenvalue weighted by atomic mass is 10.3. The molecule has 15 heavy (non-hydrogen) atoms. The molecule has 0 aromatic carbocycles. The van der Waals surface area contributed by atoms with E-state index >= 15 is 0 Å². The van der Waals surface area contributed by atoms with E-state index < -0.39 is 11.9 Å². The Morgan fingerprint density at radius 2 is 2.13 bits per heavy atom. The predicted octanol–water partition coefficient (Wildman–Crippen LogP) is 2.00. The van der Waals surface area contributed by atoms with E-state index in [4.69, 9.17) is 0 Å². The fourth-order valence-electron chi connectivity index (χ4n) is 1.57. The SMILES string of the molecule is FC(F)(F)c1nn2c(c1I)CNCCC2. The van der Waals surface area contributed by atoms with E-state index in [1.54, 1.807) is 22.6 Å². The van der Waals surface area contributed by atoms with Crippen LogP contribution in [0.15, 0.2) is 0 Å². The van der Waals surface area contributed by atoms with Crippen LogP contribution in [-0.2, 0) is 19.3 Å². The van der Waals surface area contributed by atoms with Crippen molar-refractivity contribution < 1.29 is 13.2 Å². The fraction of sp³-hybridized carbons (Fsp3) is 0.625. The van der Waals surface area contributed by atoms with Gasteiger partial charge in [0.1, 0.15) is 0 Å². The summed E-state index contributed by atoms with van der Waals surface area (Å²) in [4.78, 5) is 0. The average molecular weight is 331 g/mol. The number of alkyl halides is 3. The lowest BCUT2D eigenvalue weighted by Gasteiger charge is -2.02. The van der Waals surface area contributed by atoms with Crippen molar-refractivity contribution in [2.75, 3.05) is 6.54 Å². The number of nitrogens with one attached hydrogen (secondary N) is 1. The molecular formula is C8H9F3IN3. The van der Waals surface area contributed by atoms with Crippen molar-refractivity contribution >= 4 is 22.6 Å². The van der Waals surface area contributed by atoms with Crippen molar-refractivity contribution in [2.24, 2.45) is 0 Å². The van der Waals surface area contributed by atoms with E-state index in [1.165, 1.54) is 4.68 Å². The maximum Gasteiger partial charge on any atom is 0.436 e. The van der Waals surface area contributed by atoms with Crippen LogP contribution in [-0.4, -0.2) is 16.3 Å². The lowest BCUT2D eigenvalue weighted by molar-refractivity contribution is -0.142. The van der Waals surface area contributed by atoms with Crippen LogP contribution in [0.4, 0.5) is 13.2 Å². The van der Waals surface area contributed by atoms with Crippen molar-refractivity contribution in [2.45, 2.75) is 25.7 Å². The van der Waals surface area contributed by atoms with E-state index in [1.807, 2.05) is 0 Å². The Labute approximate surface area is 98.2 Å². The molecule has 0 saturated carbocycles. The molecule has 1 aliphatic heterocycles. The summed E-state index contributed by atoms with van der Waals surface area (Å²) in [5.41, 5.74) is -0.123. The van der Waals surface area contributed by atoms with E-state index in [9.17, 15) is 13.2 Å². The molecular weight excluding hydrogens is 322 g/mol. The molecule has 0 fully saturated rings. The molecule has 7 heteroatoms. The Hall–Kier alpha value is -0.310. The molecule has 0 unspecified atom stereocenters. The zero-order valence-electron chi connectivity index (χ0n) is 7.73. The van der Waals surface area contributed by atoms with E-state index in [0.717, 1.165) is 13.0 Å². The Morgan fingerprint density at radius 1 is 1.40 bits per heavy atom. The van der Waals surface area contributed by atoms with Gasteiger partial charge < -0.3 is 5.32 Å². The fourth-order valence-corrected chi connectivity index (χ4v) is 2.45. The van der Waals surface area contributed by atoms with Gasteiger partial charge in [-0.2, -0.15) is 18.3 Å². The molecule has 2 rings (SSSR count). The van der Waals surface area contributed by atoms with Crippen molar-refractivity contribution in [3.8, 4) is 0 Å². The molecule has 0 bridgehead atoms. The minimum absolute atomic E-state index is 0.217. The maximum atomic E-state index is 12.5. The highest BCUT2D eigenvalue weighted by Crippen LogP contribution is 2.33. The van der Waals surface area contributed by atoms with Crippen LogP contribution < -0.4 is 5.32 Å². The second kappa shape index (κ2) is 3.93. The van der Waals surface area contributed by atoms with Crippen molar-refractivity contribution in [1.82, 2.24) is 15.1 Å². The molecule has 0 saturated heterocycles. The van der Waals surface area contributed by atoms with Gasteiger partial charge in [-0.25, -0.2) is 0 Å². The number of halogens is 4. The van der Waals surface area contributed by atoms with Crippen LogP contribution in [0.2, 0.25) is 0 Å². The number of aryl methyl sites for hydroxylation is 1. The van der Waals surface area contributed by atoms with Crippen molar-refractivity contribution in [3.05, 3.63) is 15.0 Å². The quantitative estimate of drug-likeness (QED) is 0.737. The third-order valence-corrected chi connectivity index (χ3v) is 3.41. The zero-order valence-corrected chi connectivity index (χ0v) is 9.89. The van der Waals surface area contributed by atoms with Gasteiger partial charge in [0, 0.05) is 13.1 Å². The molecule has 0 radical (unpaired) electrons. The second-order valence-electron chi connectivity index (χ2n) is 3.36. The summed E-state index contributed by atoms with van der Waals surface area (Å²) in [5.74, 6) is 0. The first kappa shape index (κ1) is 11.2. The van der Waals surface area contributed by atoms with Crippen LogP contribution in [0.25, 0.3) is 0 Å². The normalized spacial score (nSPS) is 17.3. The van der Waals surface area contributed by atoms with Crippen LogP contribution in [0.1, 0.15) is 17.8 Å². The predicted molar refractivity (Wildman–Crippen MR) is 56.3 cm³/mol. The van der Waals surface area contributed by atoms with Gasteiger partial charge >= 0.3 is 6.18 Å². The topological polar surface area (TPSA) is 29.9 Å². The van der Waals surface area contributed by atoms with E-state index in [2.05, 4.69) is 10.4 Å². The Kier molecular flexibility index (Phi) is 2.93. The second-order valence-corrected chi connectivity index (χ2v) is 4.44. The Balaban J connectivity index is 2.45. The number of hydrogen-bond donors (Lipinski definition) is 1. The van der Waals surface area contributed by atoms with Gasteiger partial charge in [-0.05, 0) is 35.6 Å². The van der Waals surface area contributed by atoms with Gasteiger partial charge in [0.05, 0.1) is 9.26 Å². The summed E-state index contributed by atoms with van der Waals surface area (Å²) >= 11 is 1.72. The zero-order chi connectivity index (χ0) is 11.1. The molecule has 0 spiro atoms. The number of aromatic nitrogens is 2. The minimum atomic E-state index is -4.35.